The van der Waals surface area contributed by atoms with Crippen molar-refractivity contribution >= 4 is 90.9 Å². The summed E-state index contributed by atoms with van der Waals surface area (Å²) >= 11 is 3.78. The average Bonchev–Trinajstić information content (AvgIpc) is 4.09. The summed E-state index contributed by atoms with van der Waals surface area (Å²) < 4.78 is 5.25. The molecule has 1 nitrogen and oxygen atoms in total. The molecule has 2 aromatic heterocycles. The Morgan fingerprint density at radius 3 is 1.59 bits per heavy atom. The van der Waals surface area contributed by atoms with Crippen LogP contribution in [0.3, 0.4) is 0 Å². The zero-order valence-electron chi connectivity index (χ0n) is 36.9. The predicted octanol–water partition coefficient (Wildman–Crippen LogP) is 18.7. The fourth-order valence-corrected chi connectivity index (χ4v) is 14.0. The highest BCUT2D eigenvalue weighted by Crippen LogP contribution is 2.58. The van der Waals surface area contributed by atoms with E-state index < -0.39 is 5.41 Å². The van der Waals surface area contributed by atoms with Crippen molar-refractivity contribution in [2.45, 2.75) is 5.41 Å². The van der Waals surface area contributed by atoms with Crippen LogP contribution in [0, 0.1) is 0 Å². The van der Waals surface area contributed by atoms with Crippen LogP contribution in [0.5, 0.6) is 0 Å². The van der Waals surface area contributed by atoms with Gasteiger partial charge in [-0.15, -0.1) is 22.7 Å². The fraction of sp³-hybridized carbons (Fsp3) is 0.0154. The third kappa shape index (κ3) is 5.80. The third-order valence-electron chi connectivity index (χ3n) is 14.4. The molecule has 0 unspecified atom stereocenters. The minimum atomic E-state index is -0.451. The summed E-state index contributed by atoms with van der Waals surface area (Å²) in [4.78, 5) is 2.46. The summed E-state index contributed by atoms with van der Waals surface area (Å²) in [6, 6.07) is 92.3. The number of benzene rings is 11. The van der Waals surface area contributed by atoms with E-state index >= 15 is 0 Å². The molecule has 0 N–H and O–H groups in total. The first-order valence-corrected chi connectivity index (χ1v) is 25.0. The van der Waals surface area contributed by atoms with Crippen LogP contribution in [-0.4, -0.2) is 0 Å². The van der Waals surface area contributed by atoms with E-state index in [-0.39, 0.29) is 0 Å². The van der Waals surface area contributed by atoms with Gasteiger partial charge in [-0.25, -0.2) is 0 Å². The van der Waals surface area contributed by atoms with Gasteiger partial charge in [0.15, 0.2) is 0 Å². The molecular formula is C65H41NS2. The van der Waals surface area contributed by atoms with Crippen molar-refractivity contribution in [3.8, 4) is 33.4 Å². The molecule has 0 aliphatic heterocycles. The highest BCUT2D eigenvalue weighted by molar-refractivity contribution is 7.27. The SMILES string of the molecule is c1ccc(C2(c3ccccc3)c3ccccc3-c3c(-c4ccc(N(c5ccc(-c6cccc7c6sc6c8ccccc8ccc76)cc5)c5cccc6c5sc5ccccc56)cc4)cccc32)cc1. The summed E-state index contributed by atoms with van der Waals surface area (Å²) in [5.74, 6) is 0. The van der Waals surface area contributed by atoms with Crippen LogP contribution in [0.15, 0.2) is 249 Å². The lowest BCUT2D eigenvalue weighted by atomic mass is 9.67. The van der Waals surface area contributed by atoms with Crippen molar-refractivity contribution in [2.24, 2.45) is 0 Å². The molecule has 318 valence electrons. The molecule has 0 saturated carbocycles. The molecule has 14 rings (SSSR count). The summed E-state index contributed by atoms with van der Waals surface area (Å²) in [5, 5.41) is 7.82. The van der Waals surface area contributed by atoms with Gasteiger partial charge >= 0.3 is 0 Å². The van der Waals surface area contributed by atoms with Crippen LogP contribution in [0.4, 0.5) is 17.1 Å². The first-order valence-electron chi connectivity index (χ1n) is 23.3. The molecule has 13 aromatic rings. The van der Waals surface area contributed by atoms with Gasteiger partial charge in [0.2, 0.25) is 0 Å². The monoisotopic (exact) mass is 899 g/mol. The van der Waals surface area contributed by atoms with E-state index in [0.29, 0.717) is 0 Å². The number of thiophene rings is 2. The van der Waals surface area contributed by atoms with Gasteiger partial charge in [-0.3, -0.25) is 0 Å². The number of fused-ring (bicyclic) bond motifs is 11. The molecule has 0 saturated heterocycles. The second kappa shape index (κ2) is 15.5. The van der Waals surface area contributed by atoms with Crippen LogP contribution in [0.2, 0.25) is 0 Å². The standard InChI is InChI=1S/C65H41NS2/c1-3-17-45(18-4-1)65(46-19-5-2-6-20-46)57-28-11-9-23-56(57)61-49(24-14-29-58(61)65)43-32-37-47(38-33-43)66(59-30-15-27-53-52-22-10-12-31-60(52)67-64(53)59)48-39-34-44(35-40-48)51-25-13-26-54-55-41-36-42-16-7-8-21-50(42)63(55)68-62(51)54/h1-41H. The van der Waals surface area contributed by atoms with E-state index in [1.54, 1.807) is 0 Å². The first kappa shape index (κ1) is 39.1. The quantitative estimate of drug-likeness (QED) is 0.154. The molecule has 0 spiro atoms. The third-order valence-corrected chi connectivity index (χ3v) is 16.9. The van der Waals surface area contributed by atoms with Crippen molar-refractivity contribution in [2.75, 3.05) is 4.90 Å². The van der Waals surface area contributed by atoms with Crippen molar-refractivity contribution in [3.05, 3.63) is 271 Å². The molecule has 0 bridgehead atoms. The Labute approximate surface area is 403 Å². The Hall–Kier alpha value is -8.08. The van der Waals surface area contributed by atoms with E-state index in [9.17, 15) is 0 Å². The van der Waals surface area contributed by atoms with Gasteiger partial charge in [0.25, 0.3) is 0 Å². The molecule has 0 atom stereocenters. The van der Waals surface area contributed by atoms with Crippen LogP contribution >= 0.6 is 22.7 Å². The Kier molecular flexibility index (Phi) is 8.92. The maximum absolute atomic E-state index is 2.46. The van der Waals surface area contributed by atoms with E-state index in [4.69, 9.17) is 0 Å². The maximum atomic E-state index is 2.46. The normalized spacial score (nSPS) is 12.8. The lowest BCUT2D eigenvalue weighted by Crippen LogP contribution is -2.28. The minimum Gasteiger partial charge on any atom is -0.309 e. The summed E-state index contributed by atoms with van der Waals surface area (Å²) in [5.41, 5.74) is 15.6. The number of rotatable bonds is 7. The predicted molar refractivity (Wildman–Crippen MR) is 293 cm³/mol. The minimum absolute atomic E-state index is 0.451. The smallest absolute Gasteiger partial charge is 0.0713 e. The van der Waals surface area contributed by atoms with E-state index in [2.05, 4.69) is 254 Å². The molecule has 0 amide bonds. The molecule has 68 heavy (non-hydrogen) atoms. The van der Waals surface area contributed by atoms with E-state index in [1.165, 1.54) is 112 Å². The molecule has 1 aliphatic carbocycles. The van der Waals surface area contributed by atoms with Crippen LogP contribution in [0.25, 0.3) is 84.5 Å². The number of nitrogens with zero attached hydrogens (tertiary/aromatic N) is 1. The van der Waals surface area contributed by atoms with E-state index in [0.717, 1.165) is 11.4 Å². The van der Waals surface area contributed by atoms with Crippen LogP contribution in [0.1, 0.15) is 22.3 Å². The lowest BCUT2D eigenvalue weighted by molar-refractivity contribution is 0.768. The van der Waals surface area contributed by atoms with Crippen molar-refractivity contribution in [1.82, 2.24) is 0 Å². The topological polar surface area (TPSA) is 3.24 Å². The van der Waals surface area contributed by atoms with Crippen LogP contribution in [-0.2, 0) is 5.41 Å². The van der Waals surface area contributed by atoms with Gasteiger partial charge < -0.3 is 4.90 Å². The second-order valence-electron chi connectivity index (χ2n) is 17.9. The van der Waals surface area contributed by atoms with Gasteiger partial charge in [-0.05, 0) is 103 Å². The van der Waals surface area contributed by atoms with Gasteiger partial charge in [0.05, 0.1) is 15.8 Å². The molecule has 3 heteroatoms. The second-order valence-corrected chi connectivity index (χ2v) is 20.0. The highest BCUT2D eigenvalue weighted by atomic mass is 32.1. The number of anilines is 3. The molecule has 0 radical (unpaired) electrons. The van der Waals surface area contributed by atoms with Gasteiger partial charge in [-0.1, -0.05) is 212 Å². The highest BCUT2D eigenvalue weighted by Gasteiger charge is 2.46. The molecular weight excluding hydrogens is 859 g/mol. The maximum Gasteiger partial charge on any atom is 0.0713 e. The lowest BCUT2D eigenvalue weighted by Gasteiger charge is -2.34. The fourth-order valence-electron chi connectivity index (χ4n) is 11.4. The van der Waals surface area contributed by atoms with Crippen molar-refractivity contribution < 1.29 is 0 Å². The Morgan fingerprint density at radius 1 is 0.309 bits per heavy atom. The number of hydrogen-bond acceptors (Lipinski definition) is 3. The number of hydrogen-bond donors (Lipinski definition) is 0. The Balaban J connectivity index is 0.917. The first-order chi connectivity index (χ1) is 33.7. The van der Waals surface area contributed by atoms with Crippen molar-refractivity contribution in [3.63, 3.8) is 0 Å². The summed E-state index contributed by atoms with van der Waals surface area (Å²) in [6.07, 6.45) is 0. The zero-order chi connectivity index (χ0) is 44.8. The van der Waals surface area contributed by atoms with Gasteiger partial charge in [0, 0.05) is 47.0 Å². The van der Waals surface area contributed by atoms with Gasteiger partial charge in [-0.2, -0.15) is 0 Å². The average molecular weight is 900 g/mol. The largest absolute Gasteiger partial charge is 0.309 e. The van der Waals surface area contributed by atoms with E-state index in [1.807, 2.05) is 22.7 Å². The zero-order valence-corrected chi connectivity index (χ0v) is 38.6. The molecule has 1 aliphatic rings. The Bertz CT molecular complexity index is 4030. The molecule has 0 fully saturated rings. The van der Waals surface area contributed by atoms with Crippen LogP contribution < -0.4 is 4.90 Å². The molecule has 11 aromatic carbocycles. The van der Waals surface area contributed by atoms with Crippen molar-refractivity contribution in [1.29, 1.82) is 0 Å². The Morgan fingerprint density at radius 2 is 0.838 bits per heavy atom. The molecule has 2 heterocycles. The summed E-state index contributed by atoms with van der Waals surface area (Å²) in [7, 11) is 0. The van der Waals surface area contributed by atoms with Gasteiger partial charge in [0.1, 0.15) is 0 Å². The summed E-state index contributed by atoms with van der Waals surface area (Å²) in [6.45, 7) is 0.